The van der Waals surface area contributed by atoms with Gasteiger partial charge in [0.2, 0.25) is 0 Å². The normalized spacial score (nSPS) is 14.9. The van der Waals surface area contributed by atoms with Crippen LogP contribution in [-0.4, -0.2) is 30.0 Å². The van der Waals surface area contributed by atoms with Crippen LogP contribution in [0.4, 0.5) is 0 Å². The molecule has 1 aliphatic heterocycles. The average Bonchev–Trinajstić information content (AvgIpc) is 2.78. The number of halogens is 1. The van der Waals surface area contributed by atoms with Crippen LogP contribution >= 0.6 is 22.9 Å². The van der Waals surface area contributed by atoms with Gasteiger partial charge in [-0.25, -0.2) is 4.79 Å². The lowest BCUT2D eigenvalue weighted by Gasteiger charge is -2.38. The predicted molar refractivity (Wildman–Crippen MR) is 79.4 cm³/mol. The zero-order chi connectivity index (χ0) is 15.0. The lowest BCUT2D eigenvalue weighted by atomic mass is 10.1. The van der Waals surface area contributed by atoms with Gasteiger partial charge in [0.1, 0.15) is 17.6 Å². The lowest BCUT2D eigenvalue weighted by Crippen LogP contribution is -2.56. The molecule has 0 aliphatic carbocycles. The second-order valence-corrected chi connectivity index (χ2v) is 6.49. The molecule has 1 aliphatic rings. The lowest BCUT2D eigenvalue weighted by molar-refractivity contribution is 0.0178. The van der Waals surface area contributed by atoms with Crippen LogP contribution in [0.5, 0.6) is 5.75 Å². The summed E-state index contributed by atoms with van der Waals surface area (Å²) in [5.74, 6) is 0.925. The molecule has 7 heteroatoms. The molecule has 5 nitrogen and oxygen atoms in total. The molecule has 2 aromatic heterocycles. The molecular weight excluding hydrogens is 314 g/mol. The Labute approximate surface area is 129 Å². The molecule has 3 heterocycles. The van der Waals surface area contributed by atoms with E-state index < -0.39 is 5.63 Å². The van der Waals surface area contributed by atoms with Gasteiger partial charge in [0, 0.05) is 6.07 Å². The van der Waals surface area contributed by atoms with E-state index in [9.17, 15) is 9.59 Å². The van der Waals surface area contributed by atoms with Crippen molar-refractivity contribution in [3.63, 3.8) is 0 Å². The maximum Gasteiger partial charge on any atom is 0.339 e. The largest absolute Gasteiger partial charge is 0.486 e. The summed E-state index contributed by atoms with van der Waals surface area (Å²) >= 11 is 7.08. The third kappa shape index (κ3) is 3.11. The highest BCUT2D eigenvalue weighted by Gasteiger charge is 2.33. The van der Waals surface area contributed by atoms with Crippen LogP contribution < -0.4 is 10.4 Å². The van der Waals surface area contributed by atoms with Gasteiger partial charge in [0.05, 0.1) is 28.4 Å². The first-order chi connectivity index (χ1) is 10.0. The summed E-state index contributed by atoms with van der Waals surface area (Å²) in [4.78, 5) is 25.6. The Morgan fingerprint density at radius 1 is 1.43 bits per heavy atom. The molecule has 0 unspecified atom stereocenters. The molecule has 1 fully saturated rings. The number of thiophene rings is 1. The third-order valence-corrected chi connectivity index (χ3v) is 4.31. The van der Waals surface area contributed by atoms with E-state index in [-0.39, 0.29) is 12.0 Å². The van der Waals surface area contributed by atoms with Crippen LogP contribution in [0.2, 0.25) is 4.34 Å². The van der Waals surface area contributed by atoms with Crippen LogP contribution in [0.25, 0.3) is 0 Å². The fourth-order valence-electron chi connectivity index (χ4n) is 2.10. The Hall–Kier alpha value is -1.79. The van der Waals surface area contributed by atoms with E-state index in [1.807, 2.05) is 0 Å². The van der Waals surface area contributed by atoms with Crippen LogP contribution in [0.1, 0.15) is 15.4 Å². The SMILES string of the molecule is Cc1cc(OC2CN(C(=O)c3ccc(Cl)s3)C2)cc(=O)o1. The van der Waals surface area contributed by atoms with Gasteiger partial charge in [-0.1, -0.05) is 11.6 Å². The smallest absolute Gasteiger partial charge is 0.339 e. The van der Waals surface area contributed by atoms with Crippen molar-refractivity contribution in [3.8, 4) is 5.75 Å². The molecule has 21 heavy (non-hydrogen) atoms. The Morgan fingerprint density at radius 3 is 2.81 bits per heavy atom. The summed E-state index contributed by atoms with van der Waals surface area (Å²) < 4.78 is 11.1. The molecule has 3 rings (SSSR count). The molecule has 0 spiro atoms. The Bertz CT molecular complexity index is 733. The highest BCUT2D eigenvalue weighted by molar-refractivity contribution is 7.17. The third-order valence-electron chi connectivity index (χ3n) is 3.09. The number of likely N-dealkylation sites (tertiary alicyclic amines) is 1. The molecule has 1 amide bonds. The van der Waals surface area contributed by atoms with E-state index in [2.05, 4.69) is 0 Å². The minimum Gasteiger partial charge on any atom is -0.486 e. The van der Waals surface area contributed by atoms with Crippen molar-refractivity contribution in [1.29, 1.82) is 0 Å². The van der Waals surface area contributed by atoms with Gasteiger partial charge in [-0.3, -0.25) is 4.79 Å². The minimum absolute atomic E-state index is 0.0458. The minimum atomic E-state index is -0.439. The van der Waals surface area contributed by atoms with Crippen molar-refractivity contribution in [2.75, 3.05) is 13.1 Å². The second-order valence-electron chi connectivity index (χ2n) is 4.78. The van der Waals surface area contributed by atoms with Gasteiger partial charge in [-0.15, -0.1) is 11.3 Å². The molecule has 0 aromatic carbocycles. The van der Waals surface area contributed by atoms with Gasteiger partial charge < -0.3 is 14.1 Å². The molecule has 0 atom stereocenters. The van der Waals surface area contributed by atoms with Crippen molar-refractivity contribution < 1.29 is 13.9 Å². The quantitative estimate of drug-likeness (QED) is 0.870. The van der Waals surface area contributed by atoms with Gasteiger partial charge in [-0.05, 0) is 19.1 Å². The van der Waals surface area contributed by atoms with Crippen molar-refractivity contribution in [2.24, 2.45) is 0 Å². The molecule has 0 saturated carbocycles. The summed E-state index contributed by atoms with van der Waals surface area (Å²) in [6.45, 7) is 2.67. The molecule has 110 valence electrons. The molecule has 0 radical (unpaired) electrons. The van der Waals surface area contributed by atoms with Crippen LogP contribution in [-0.2, 0) is 0 Å². The summed E-state index contributed by atoms with van der Waals surface area (Å²) in [5, 5.41) is 0. The fourth-order valence-corrected chi connectivity index (χ4v) is 3.11. The number of nitrogens with zero attached hydrogens (tertiary/aromatic N) is 1. The van der Waals surface area contributed by atoms with Crippen molar-refractivity contribution in [3.05, 3.63) is 49.7 Å². The zero-order valence-corrected chi connectivity index (χ0v) is 12.7. The summed E-state index contributed by atoms with van der Waals surface area (Å²) in [7, 11) is 0. The first kappa shape index (κ1) is 14.2. The number of hydrogen-bond donors (Lipinski definition) is 0. The highest BCUT2D eigenvalue weighted by atomic mass is 35.5. The van der Waals surface area contributed by atoms with E-state index >= 15 is 0 Å². The Morgan fingerprint density at radius 2 is 2.19 bits per heavy atom. The Balaban J connectivity index is 1.58. The van der Waals surface area contributed by atoms with E-state index in [1.54, 1.807) is 30.0 Å². The average molecular weight is 326 g/mol. The monoisotopic (exact) mass is 325 g/mol. The number of carbonyl (C=O) groups excluding carboxylic acids is 1. The summed E-state index contributed by atoms with van der Waals surface area (Å²) in [6.07, 6.45) is -0.106. The van der Waals surface area contributed by atoms with E-state index in [0.717, 1.165) is 0 Å². The standard InChI is InChI=1S/C14H12ClNO4S/c1-8-4-9(5-13(17)19-8)20-10-6-16(7-10)14(18)11-2-3-12(15)21-11/h2-5,10H,6-7H2,1H3. The van der Waals surface area contributed by atoms with E-state index in [1.165, 1.54) is 17.4 Å². The maximum atomic E-state index is 12.1. The molecule has 0 N–H and O–H groups in total. The van der Waals surface area contributed by atoms with Crippen molar-refractivity contribution in [2.45, 2.75) is 13.0 Å². The number of amides is 1. The van der Waals surface area contributed by atoms with Crippen molar-refractivity contribution >= 4 is 28.8 Å². The second kappa shape index (κ2) is 5.54. The predicted octanol–water partition coefficient (Wildman–Crippen LogP) is 2.57. The van der Waals surface area contributed by atoms with Gasteiger partial charge >= 0.3 is 5.63 Å². The maximum absolute atomic E-state index is 12.1. The first-order valence-electron chi connectivity index (χ1n) is 6.34. The highest BCUT2D eigenvalue weighted by Crippen LogP contribution is 2.25. The summed E-state index contributed by atoms with van der Waals surface area (Å²) in [6, 6.07) is 6.38. The number of carbonyl (C=O) groups is 1. The van der Waals surface area contributed by atoms with Gasteiger partial charge in [0.15, 0.2) is 0 Å². The van der Waals surface area contributed by atoms with Crippen molar-refractivity contribution in [1.82, 2.24) is 4.90 Å². The van der Waals surface area contributed by atoms with Crippen LogP contribution in [0, 0.1) is 6.92 Å². The van der Waals surface area contributed by atoms with E-state index in [4.69, 9.17) is 20.8 Å². The zero-order valence-electron chi connectivity index (χ0n) is 11.2. The van der Waals surface area contributed by atoms with Gasteiger partial charge in [-0.2, -0.15) is 0 Å². The molecule has 1 saturated heterocycles. The molecular formula is C14H12ClNO4S. The number of hydrogen-bond acceptors (Lipinski definition) is 5. The molecule has 0 bridgehead atoms. The summed E-state index contributed by atoms with van der Waals surface area (Å²) in [5.41, 5.74) is -0.439. The van der Waals surface area contributed by atoms with Gasteiger partial charge in [0.25, 0.3) is 5.91 Å². The number of ether oxygens (including phenoxy) is 1. The number of aryl methyl sites for hydroxylation is 1. The van der Waals surface area contributed by atoms with E-state index in [0.29, 0.717) is 33.8 Å². The van der Waals surface area contributed by atoms with Crippen LogP contribution in [0.3, 0.4) is 0 Å². The van der Waals surface area contributed by atoms with Crippen LogP contribution in [0.15, 0.2) is 33.5 Å². The fraction of sp³-hybridized carbons (Fsp3) is 0.286. The Kier molecular flexibility index (Phi) is 3.73. The first-order valence-corrected chi connectivity index (χ1v) is 7.54. The topological polar surface area (TPSA) is 59.8 Å². The molecule has 2 aromatic rings. The number of rotatable bonds is 3.